The first kappa shape index (κ1) is 15.4. The monoisotopic (exact) mass is 306 g/mol. The highest BCUT2D eigenvalue weighted by atomic mass is 35.5. The van der Waals surface area contributed by atoms with Gasteiger partial charge in [-0.15, -0.1) is 0 Å². The molecule has 2 rings (SSSR count). The molecule has 1 aliphatic rings. The van der Waals surface area contributed by atoms with Crippen LogP contribution in [0.5, 0.6) is 0 Å². The van der Waals surface area contributed by atoms with Crippen LogP contribution in [0.3, 0.4) is 0 Å². The van der Waals surface area contributed by atoms with Gasteiger partial charge in [-0.05, 0) is 37.6 Å². The summed E-state index contributed by atoms with van der Waals surface area (Å²) in [5.41, 5.74) is -0.299. The molecule has 0 spiro atoms. The Morgan fingerprint density at radius 2 is 1.95 bits per heavy atom. The molecular weight excluding hydrogens is 289 g/mol. The van der Waals surface area contributed by atoms with E-state index in [4.69, 9.17) is 11.6 Å². The van der Waals surface area contributed by atoms with E-state index in [2.05, 4.69) is 17.1 Å². The second kappa shape index (κ2) is 6.22. The number of piperidine rings is 1. The van der Waals surface area contributed by atoms with Crippen molar-refractivity contribution in [2.24, 2.45) is 0 Å². The average molecular weight is 307 g/mol. The molecule has 1 N–H and O–H groups in total. The van der Waals surface area contributed by atoms with Gasteiger partial charge in [0.05, 0.1) is 10.6 Å². The minimum atomic E-state index is -4.42. The maximum atomic E-state index is 12.8. The van der Waals surface area contributed by atoms with Crippen molar-refractivity contribution >= 4 is 17.3 Å². The molecule has 1 heterocycles. The Labute approximate surface area is 121 Å². The van der Waals surface area contributed by atoms with Gasteiger partial charge in [-0.1, -0.05) is 18.5 Å². The van der Waals surface area contributed by atoms with Gasteiger partial charge in [-0.3, -0.25) is 0 Å². The van der Waals surface area contributed by atoms with Crippen LogP contribution in [0.15, 0.2) is 18.2 Å². The summed E-state index contributed by atoms with van der Waals surface area (Å²) >= 11 is 5.61. The number of rotatable bonds is 3. The van der Waals surface area contributed by atoms with Gasteiger partial charge in [0, 0.05) is 24.8 Å². The number of likely N-dealkylation sites (tertiary alicyclic amines) is 1. The van der Waals surface area contributed by atoms with E-state index in [1.165, 1.54) is 6.07 Å². The highest BCUT2D eigenvalue weighted by molar-refractivity contribution is 6.31. The van der Waals surface area contributed by atoms with E-state index < -0.39 is 11.7 Å². The van der Waals surface area contributed by atoms with Crippen molar-refractivity contribution in [1.82, 2.24) is 4.90 Å². The minimum absolute atomic E-state index is 0.222. The summed E-state index contributed by atoms with van der Waals surface area (Å²) in [7, 11) is 0. The molecule has 1 saturated heterocycles. The lowest BCUT2D eigenvalue weighted by atomic mass is 10.0. The largest absolute Gasteiger partial charge is 0.417 e. The number of alkyl halides is 3. The standard InChI is InChI=1S/C14H18ClF3N2/c1-2-20-7-5-10(6-8-20)19-11-3-4-13(15)12(9-11)14(16,17)18/h3-4,9-10,19H,2,5-8H2,1H3. The van der Waals surface area contributed by atoms with E-state index in [1.807, 2.05) is 0 Å². The van der Waals surface area contributed by atoms with Crippen molar-refractivity contribution in [1.29, 1.82) is 0 Å². The number of hydrogen-bond donors (Lipinski definition) is 1. The first-order valence-electron chi connectivity index (χ1n) is 6.75. The smallest absolute Gasteiger partial charge is 0.382 e. The fraction of sp³-hybridized carbons (Fsp3) is 0.571. The number of anilines is 1. The molecule has 6 heteroatoms. The molecule has 1 aromatic rings. The van der Waals surface area contributed by atoms with E-state index in [0.29, 0.717) is 5.69 Å². The molecular formula is C14H18ClF3N2. The molecule has 0 atom stereocenters. The van der Waals surface area contributed by atoms with Crippen LogP contribution in [0.2, 0.25) is 5.02 Å². The molecule has 0 saturated carbocycles. The summed E-state index contributed by atoms with van der Waals surface area (Å²) in [6, 6.07) is 4.21. The predicted molar refractivity (Wildman–Crippen MR) is 75.2 cm³/mol. The van der Waals surface area contributed by atoms with Gasteiger partial charge in [0.1, 0.15) is 0 Å². The maximum Gasteiger partial charge on any atom is 0.417 e. The molecule has 1 aliphatic heterocycles. The summed E-state index contributed by atoms with van der Waals surface area (Å²) in [5, 5.41) is 2.92. The zero-order chi connectivity index (χ0) is 14.8. The fourth-order valence-electron chi connectivity index (χ4n) is 2.46. The van der Waals surface area contributed by atoms with Gasteiger partial charge in [-0.25, -0.2) is 0 Å². The predicted octanol–water partition coefficient (Wildman–Crippen LogP) is 4.26. The number of halogens is 4. The third kappa shape index (κ3) is 3.79. The van der Waals surface area contributed by atoms with Gasteiger partial charge in [0.2, 0.25) is 0 Å². The van der Waals surface area contributed by atoms with Crippen molar-refractivity contribution in [3.63, 3.8) is 0 Å². The first-order chi connectivity index (χ1) is 9.40. The highest BCUT2D eigenvalue weighted by Gasteiger charge is 2.33. The number of nitrogens with zero attached hydrogens (tertiary/aromatic N) is 1. The molecule has 0 aliphatic carbocycles. The van der Waals surface area contributed by atoms with Crippen LogP contribution < -0.4 is 5.32 Å². The maximum absolute atomic E-state index is 12.8. The van der Waals surface area contributed by atoms with Crippen LogP contribution in [-0.4, -0.2) is 30.6 Å². The molecule has 0 amide bonds. The van der Waals surface area contributed by atoms with E-state index in [-0.39, 0.29) is 11.1 Å². The summed E-state index contributed by atoms with van der Waals surface area (Å²) in [6.45, 7) is 5.09. The van der Waals surface area contributed by atoms with E-state index in [9.17, 15) is 13.2 Å². The van der Waals surface area contributed by atoms with Gasteiger partial charge in [0.15, 0.2) is 0 Å². The zero-order valence-electron chi connectivity index (χ0n) is 11.3. The summed E-state index contributed by atoms with van der Waals surface area (Å²) in [4.78, 5) is 2.33. The topological polar surface area (TPSA) is 15.3 Å². The number of benzene rings is 1. The van der Waals surface area contributed by atoms with Crippen LogP contribution in [-0.2, 0) is 6.18 Å². The van der Waals surface area contributed by atoms with Gasteiger partial charge < -0.3 is 10.2 Å². The Kier molecular flexibility index (Phi) is 4.81. The number of hydrogen-bond acceptors (Lipinski definition) is 2. The zero-order valence-corrected chi connectivity index (χ0v) is 12.1. The molecule has 20 heavy (non-hydrogen) atoms. The third-order valence-corrected chi connectivity index (χ3v) is 4.01. The van der Waals surface area contributed by atoms with Crippen molar-refractivity contribution in [3.8, 4) is 0 Å². The van der Waals surface area contributed by atoms with E-state index in [0.717, 1.165) is 38.5 Å². The Bertz CT molecular complexity index is 454. The molecule has 112 valence electrons. The highest BCUT2D eigenvalue weighted by Crippen LogP contribution is 2.36. The Balaban J connectivity index is 2.04. The second-order valence-electron chi connectivity index (χ2n) is 5.05. The van der Waals surface area contributed by atoms with Crippen molar-refractivity contribution in [2.75, 3.05) is 25.0 Å². The number of nitrogens with one attached hydrogen (secondary N) is 1. The minimum Gasteiger partial charge on any atom is -0.382 e. The second-order valence-corrected chi connectivity index (χ2v) is 5.45. The van der Waals surface area contributed by atoms with Crippen molar-refractivity contribution in [3.05, 3.63) is 28.8 Å². The fourth-order valence-corrected chi connectivity index (χ4v) is 2.69. The van der Waals surface area contributed by atoms with Gasteiger partial charge in [-0.2, -0.15) is 13.2 Å². The molecule has 2 nitrogen and oxygen atoms in total. The molecule has 1 fully saturated rings. The summed E-state index contributed by atoms with van der Waals surface area (Å²) in [5.74, 6) is 0. The van der Waals surface area contributed by atoms with Crippen LogP contribution in [0.1, 0.15) is 25.3 Å². The van der Waals surface area contributed by atoms with Crippen LogP contribution in [0.25, 0.3) is 0 Å². The van der Waals surface area contributed by atoms with Crippen LogP contribution in [0.4, 0.5) is 18.9 Å². The molecule has 0 radical (unpaired) electrons. The van der Waals surface area contributed by atoms with Crippen LogP contribution in [0, 0.1) is 0 Å². The molecule has 0 aromatic heterocycles. The van der Waals surface area contributed by atoms with Gasteiger partial charge in [0.25, 0.3) is 0 Å². The SMILES string of the molecule is CCN1CCC(Nc2ccc(Cl)c(C(F)(F)F)c2)CC1. The summed E-state index contributed by atoms with van der Waals surface area (Å²) in [6.07, 6.45) is -2.53. The molecule has 0 bridgehead atoms. The van der Waals surface area contributed by atoms with Gasteiger partial charge >= 0.3 is 6.18 Å². The third-order valence-electron chi connectivity index (χ3n) is 3.68. The first-order valence-corrected chi connectivity index (χ1v) is 7.13. The lowest BCUT2D eigenvalue weighted by Crippen LogP contribution is -2.38. The van der Waals surface area contributed by atoms with E-state index in [1.54, 1.807) is 6.07 Å². The lowest BCUT2D eigenvalue weighted by molar-refractivity contribution is -0.137. The van der Waals surface area contributed by atoms with Crippen molar-refractivity contribution in [2.45, 2.75) is 32.0 Å². The Hall–Kier alpha value is -0.940. The van der Waals surface area contributed by atoms with Crippen molar-refractivity contribution < 1.29 is 13.2 Å². The van der Waals surface area contributed by atoms with E-state index >= 15 is 0 Å². The average Bonchev–Trinajstić information content (AvgIpc) is 2.40. The lowest BCUT2D eigenvalue weighted by Gasteiger charge is -2.32. The Morgan fingerprint density at radius 3 is 2.50 bits per heavy atom. The summed E-state index contributed by atoms with van der Waals surface area (Å²) < 4.78 is 38.4. The molecule has 1 aromatic carbocycles. The molecule has 0 unspecified atom stereocenters. The quantitative estimate of drug-likeness (QED) is 0.898. The Morgan fingerprint density at radius 1 is 1.30 bits per heavy atom. The van der Waals surface area contributed by atoms with Crippen LogP contribution >= 0.6 is 11.6 Å². The normalized spacial score (nSPS) is 18.2.